The summed E-state index contributed by atoms with van der Waals surface area (Å²) < 4.78 is 7.41. The molecule has 5 heteroatoms. The molecule has 0 atom stereocenters. The maximum Gasteiger partial charge on any atom is 0.335 e. The Bertz CT molecular complexity index is 575. The first kappa shape index (κ1) is 12.2. The molecular formula is C13H14N2O3. The van der Waals surface area contributed by atoms with Gasteiger partial charge in [-0.2, -0.15) is 5.10 Å². The second-order valence-corrected chi connectivity index (χ2v) is 3.92. The Morgan fingerprint density at radius 3 is 2.83 bits per heavy atom. The average molecular weight is 246 g/mol. The van der Waals surface area contributed by atoms with E-state index in [4.69, 9.17) is 9.84 Å². The Balaban J connectivity index is 2.21. The van der Waals surface area contributed by atoms with Crippen molar-refractivity contribution in [3.8, 4) is 11.5 Å². The molecule has 0 spiro atoms. The van der Waals surface area contributed by atoms with E-state index >= 15 is 0 Å². The third kappa shape index (κ3) is 2.51. The van der Waals surface area contributed by atoms with Gasteiger partial charge in [0.05, 0.1) is 18.0 Å². The van der Waals surface area contributed by atoms with Gasteiger partial charge in [-0.1, -0.05) is 0 Å². The average Bonchev–Trinajstić information content (AvgIpc) is 2.79. The largest absolute Gasteiger partial charge is 0.478 e. The summed E-state index contributed by atoms with van der Waals surface area (Å²) in [6.07, 6.45) is 3.43. The Kier molecular flexibility index (Phi) is 3.32. The van der Waals surface area contributed by atoms with E-state index in [1.165, 1.54) is 6.07 Å². The lowest BCUT2D eigenvalue weighted by atomic mass is 10.1. The molecule has 0 fully saturated rings. The second-order valence-electron chi connectivity index (χ2n) is 3.92. The maximum absolute atomic E-state index is 10.8. The van der Waals surface area contributed by atoms with Crippen LogP contribution in [0.1, 0.15) is 22.8 Å². The minimum absolute atomic E-state index is 0.254. The van der Waals surface area contributed by atoms with E-state index < -0.39 is 5.97 Å². The molecule has 0 saturated heterocycles. The summed E-state index contributed by atoms with van der Waals surface area (Å²) in [5.74, 6) is 0.335. The molecule has 0 amide bonds. The zero-order valence-corrected chi connectivity index (χ0v) is 10.3. The van der Waals surface area contributed by atoms with Crippen molar-refractivity contribution in [1.29, 1.82) is 0 Å². The van der Waals surface area contributed by atoms with Gasteiger partial charge in [0.1, 0.15) is 5.75 Å². The van der Waals surface area contributed by atoms with Crippen LogP contribution in [0.4, 0.5) is 0 Å². The molecular weight excluding hydrogens is 232 g/mol. The lowest BCUT2D eigenvalue weighted by molar-refractivity contribution is 0.0697. The van der Waals surface area contributed by atoms with Crippen LogP contribution in [-0.4, -0.2) is 20.9 Å². The zero-order chi connectivity index (χ0) is 13.1. The van der Waals surface area contributed by atoms with Crippen molar-refractivity contribution in [2.75, 3.05) is 0 Å². The third-order valence-electron chi connectivity index (χ3n) is 2.58. The van der Waals surface area contributed by atoms with Gasteiger partial charge in [-0.15, -0.1) is 0 Å². The third-order valence-corrected chi connectivity index (χ3v) is 2.58. The Morgan fingerprint density at radius 1 is 1.50 bits per heavy atom. The quantitative estimate of drug-likeness (QED) is 0.900. The first-order valence-electron chi connectivity index (χ1n) is 5.64. The summed E-state index contributed by atoms with van der Waals surface area (Å²) in [7, 11) is 0. The number of aryl methyl sites for hydroxylation is 2. The van der Waals surface area contributed by atoms with Crippen LogP contribution in [0, 0.1) is 6.92 Å². The molecule has 1 heterocycles. The SMILES string of the molecule is CCn1cc(Oc2ccc(C(=O)O)cc2C)cn1. The summed E-state index contributed by atoms with van der Waals surface area (Å²) in [6, 6.07) is 4.76. The van der Waals surface area contributed by atoms with E-state index in [1.807, 2.05) is 13.8 Å². The Labute approximate surface area is 105 Å². The monoisotopic (exact) mass is 246 g/mol. The molecule has 94 valence electrons. The van der Waals surface area contributed by atoms with Crippen LogP contribution in [0.25, 0.3) is 0 Å². The maximum atomic E-state index is 10.8. The summed E-state index contributed by atoms with van der Waals surface area (Å²) >= 11 is 0. The smallest absolute Gasteiger partial charge is 0.335 e. The molecule has 0 unspecified atom stereocenters. The van der Waals surface area contributed by atoms with Gasteiger partial charge < -0.3 is 9.84 Å². The van der Waals surface area contributed by atoms with Crippen molar-refractivity contribution in [1.82, 2.24) is 9.78 Å². The number of carbonyl (C=O) groups is 1. The predicted molar refractivity (Wildman–Crippen MR) is 66.1 cm³/mol. The van der Waals surface area contributed by atoms with Crippen molar-refractivity contribution >= 4 is 5.97 Å². The zero-order valence-electron chi connectivity index (χ0n) is 10.3. The number of benzene rings is 1. The van der Waals surface area contributed by atoms with E-state index in [2.05, 4.69) is 5.10 Å². The van der Waals surface area contributed by atoms with Crippen LogP contribution in [-0.2, 0) is 6.54 Å². The highest BCUT2D eigenvalue weighted by molar-refractivity contribution is 5.88. The number of rotatable bonds is 4. The molecule has 5 nitrogen and oxygen atoms in total. The number of hydrogen-bond donors (Lipinski definition) is 1. The molecule has 0 aliphatic heterocycles. The summed E-state index contributed by atoms with van der Waals surface area (Å²) in [5.41, 5.74) is 1.03. The molecule has 1 aromatic heterocycles. The van der Waals surface area contributed by atoms with Gasteiger partial charge in [-0.3, -0.25) is 4.68 Å². The number of aromatic nitrogens is 2. The predicted octanol–water partition coefficient (Wildman–Crippen LogP) is 2.70. The van der Waals surface area contributed by atoms with Gasteiger partial charge in [0, 0.05) is 6.54 Å². The highest BCUT2D eigenvalue weighted by Gasteiger charge is 2.08. The first-order chi connectivity index (χ1) is 8.60. The molecule has 18 heavy (non-hydrogen) atoms. The van der Waals surface area contributed by atoms with E-state index in [9.17, 15) is 4.79 Å². The fourth-order valence-corrected chi connectivity index (χ4v) is 1.59. The van der Waals surface area contributed by atoms with E-state index in [1.54, 1.807) is 29.2 Å². The number of hydrogen-bond acceptors (Lipinski definition) is 3. The van der Waals surface area contributed by atoms with Crippen LogP contribution < -0.4 is 4.74 Å². The van der Waals surface area contributed by atoms with Crippen molar-refractivity contribution in [3.05, 3.63) is 41.7 Å². The fourth-order valence-electron chi connectivity index (χ4n) is 1.59. The van der Waals surface area contributed by atoms with Crippen LogP contribution >= 0.6 is 0 Å². The van der Waals surface area contributed by atoms with Crippen molar-refractivity contribution in [2.45, 2.75) is 20.4 Å². The number of carboxylic acids is 1. The van der Waals surface area contributed by atoms with Crippen molar-refractivity contribution in [3.63, 3.8) is 0 Å². The number of carboxylic acid groups (broad SMARTS) is 1. The van der Waals surface area contributed by atoms with Gasteiger partial charge >= 0.3 is 5.97 Å². The number of aromatic carboxylic acids is 1. The molecule has 0 bridgehead atoms. The van der Waals surface area contributed by atoms with E-state index in [0.29, 0.717) is 11.5 Å². The fraction of sp³-hybridized carbons (Fsp3) is 0.231. The molecule has 0 radical (unpaired) electrons. The lowest BCUT2D eigenvalue weighted by Crippen LogP contribution is -1.97. The molecule has 2 aromatic rings. The Morgan fingerprint density at radius 2 is 2.28 bits per heavy atom. The standard InChI is InChI=1S/C13H14N2O3/c1-3-15-8-11(7-14-15)18-12-5-4-10(13(16)17)6-9(12)2/h4-8H,3H2,1-2H3,(H,16,17). The van der Waals surface area contributed by atoms with Crippen LogP contribution in [0.3, 0.4) is 0 Å². The van der Waals surface area contributed by atoms with Crippen molar-refractivity contribution < 1.29 is 14.6 Å². The second kappa shape index (κ2) is 4.91. The molecule has 0 aliphatic rings. The minimum atomic E-state index is -0.941. The van der Waals surface area contributed by atoms with Crippen molar-refractivity contribution in [2.24, 2.45) is 0 Å². The highest BCUT2D eigenvalue weighted by Crippen LogP contribution is 2.25. The summed E-state index contributed by atoms with van der Waals surface area (Å²) in [5, 5.41) is 13.0. The van der Waals surface area contributed by atoms with Crippen LogP contribution in [0.2, 0.25) is 0 Å². The van der Waals surface area contributed by atoms with E-state index in [0.717, 1.165) is 12.1 Å². The van der Waals surface area contributed by atoms with Gasteiger partial charge in [-0.25, -0.2) is 4.79 Å². The van der Waals surface area contributed by atoms with Gasteiger partial charge in [0.25, 0.3) is 0 Å². The van der Waals surface area contributed by atoms with Crippen LogP contribution in [0.5, 0.6) is 11.5 Å². The molecule has 0 aliphatic carbocycles. The topological polar surface area (TPSA) is 64.3 Å². The normalized spacial score (nSPS) is 10.3. The van der Waals surface area contributed by atoms with Gasteiger partial charge in [0.2, 0.25) is 0 Å². The lowest BCUT2D eigenvalue weighted by Gasteiger charge is -2.07. The van der Waals surface area contributed by atoms with Gasteiger partial charge in [0.15, 0.2) is 5.75 Å². The highest BCUT2D eigenvalue weighted by atomic mass is 16.5. The first-order valence-corrected chi connectivity index (χ1v) is 5.64. The summed E-state index contributed by atoms with van der Waals surface area (Å²) in [4.78, 5) is 10.8. The summed E-state index contributed by atoms with van der Waals surface area (Å²) in [6.45, 7) is 4.58. The van der Waals surface area contributed by atoms with Gasteiger partial charge in [-0.05, 0) is 37.6 Å². The van der Waals surface area contributed by atoms with Crippen LogP contribution in [0.15, 0.2) is 30.6 Å². The Hall–Kier alpha value is -2.30. The minimum Gasteiger partial charge on any atom is -0.478 e. The molecule has 1 N–H and O–H groups in total. The number of nitrogens with zero attached hydrogens (tertiary/aromatic N) is 2. The molecule has 1 aromatic carbocycles. The molecule has 0 saturated carbocycles. The van der Waals surface area contributed by atoms with E-state index in [-0.39, 0.29) is 5.56 Å². The molecule has 2 rings (SSSR count). The number of ether oxygens (including phenoxy) is 1.